The smallest absolute Gasteiger partial charge is 0.351 e. The molecule has 0 aliphatic rings. The fourth-order valence-corrected chi connectivity index (χ4v) is 3.21. The van der Waals surface area contributed by atoms with Crippen molar-refractivity contribution in [2.24, 2.45) is 0 Å². The number of hydrogen-bond donors (Lipinski definition) is 0. The van der Waals surface area contributed by atoms with E-state index in [4.69, 9.17) is 9.15 Å². The zero-order valence-electron chi connectivity index (χ0n) is 17.1. The maximum atomic E-state index is 11.9. The summed E-state index contributed by atoms with van der Waals surface area (Å²) in [7, 11) is 1.23. The largest absolute Gasteiger partial charge is 0.493 e. The standard InChI is InChI=1S/C23H32O5/c1-3-4-5-6-7-8-9-10-11-12-15-27-19-14-13-18-16-20(22(24)26-2)23(25)28-21(18)17-19/h13-14,16-17H,3-12,15H2,1-2H3. The molecule has 0 amide bonds. The van der Waals surface area contributed by atoms with Crippen molar-refractivity contribution in [3.8, 4) is 5.75 Å². The van der Waals surface area contributed by atoms with Crippen LogP contribution in [-0.2, 0) is 4.74 Å². The Morgan fingerprint density at radius 1 is 0.929 bits per heavy atom. The molecule has 1 aromatic carbocycles. The summed E-state index contributed by atoms with van der Waals surface area (Å²) in [5, 5.41) is 0.659. The second-order valence-electron chi connectivity index (χ2n) is 7.17. The molecule has 0 saturated carbocycles. The fourth-order valence-electron chi connectivity index (χ4n) is 3.21. The van der Waals surface area contributed by atoms with Gasteiger partial charge in [-0.2, -0.15) is 0 Å². The van der Waals surface area contributed by atoms with Crippen molar-refractivity contribution in [3.63, 3.8) is 0 Å². The van der Waals surface area contributed by atoms with Crippen LogP contribution in [0.4, 0.5) is 0 Å². The topological polar surface area (TPSA) is 65.7 Å². The van der Waals surface area contributed by atoms with Crippen LogP contribution in [0.25, 0.3) is 11.0 Å². The van der Waals surface area contributed by atoms with Crippen molar-refractivity contribution >= 4 is 16.9 Å². The quantitative estimate of drug-likeness (QED) is 0.243. The van der Waals surface area contributed by atoms with Gasteiger partial charge >= 0.3 is 11.6 Å². The van der Waals surface area contributed by atoms with E-state index in [2.05, 4.69) is 11.7 Å². The van der Waals surface area contributed by atoms with Gasteiger partial charge in [0.05, 0.1) is 13.7 Å². The first-order valence-corrected chi connectivity index (χ1v) is 10.4. The van der Waals surface area contributed by atoms with Crippen LogP contribution >= 0.6 is 0 Å². The number of esters is 1. The summed E-state index contributed by atoms with van der Waals surface area (Å²) in [6.07, 6.45) is 12.8. The van der Waals surface area contributed by atoms with Gasteiger partial charge in [0, 0.05) is 11.5 Å². The molecule has 0 aliphatic carbocycles. The summed E-state index contributed by atoms with van der Waals surface area (Å²) in [5.74, 6) is -0.0330. The van der Waals surface area contributed by atoms with Gasteiger partial charge in [-0.3, -0.25) is 0 Å². The average Bonchev–Trinajstić information content (AvgIpc) is 2.70. The summed E-state index contributed by atoms with van der Waals surface area (Å²) < 4.78 is 15.6. The van der Waals surface area contributed by atoms with Crippen molar-refractivity contribution in [2.75, 3.05) is 13.7 Å². The predicted molar refractivity (Wildman–Crippen MR) is 111 cm³/mol. The Hall–Kier alpha value is -2.30. The van der Waals surface area contributed by atoms with E-state index in [1.165, 1.54) is 71.0 Å². The van der Waals surface area contributed by atoms with Crippen molar-refractivity contribution < 1.29 is 18.7 Å². The Balaban J connectivity index is 1.70. The molecule has 0 aliphatic heterocycles. The van der Waals surface area contributed by atoms with E-state index in [1.807, 2.05) is 6.07 Å². The minimum atomic E-state index is -0.703. The number of fused-ring (bicyclic) bond motifs is 1. The molecule has 154 valence electrons. The van der Waals surface area contributed by atoms with Gasteiger partial charge in [-0.25, -0.2) is 9.59 Å². The van der Waals surface area contributed by atoms with Gasteiger partial charge in [0.15, 0.2) is 0 Å². The number of benzene rings is 1. The SMILES string of the molecule is CCCCCCCCCCCCOc1ccc2cc(C(=O)OC)c(=O)oc2c1. The van der Waals surface area contributed by atoms with Gasteiger partial charge in [0.1, 0.15) is 16.9 Å². The van der Waals surface area contributed by atoms with Crippen LogP contribution in [0.2, 0.25) is 0 Å². The molecule has 2 rings (SSSR count). The van der Waals surface area contributed by atoms with Crippen LogP contribution in [0.5, 0.6) is 5.75 Å². The molecule has 0 bridgehead atoms. The molecule has 5 heteroatoms. The molecule has 1 aromatic heterocycles. The van der Waals surface area contributed by atoms with Crippen LogP contribution in [0, 0.1) is 0 Å². The third-order valence-electron chi connectivity index (χ3n) is 4.88. The maximum absolute atomic E-state index is 11.9. The van der Waals surface area contributed by atoms with Gasteiger partial charge in [-0.15, -0.1) is 0 Å². The number of hydrogen-bond acceptors (Lipinski definition) is 5. The molecule has 1 heterocycles. The minimum Gasteiger partial charge on any atom is -0.493 e. The minimum absolute atomic E-state index is 0.103. The summed E-state index contributed by atoms with van der Waals surface area (Å²) >= 11 is 0. The average molecular weight is 389 g/mol. The van der Waals surface area contributed by atoms with E-state index < -0.39 is 11.6 Å². The molecule has 0 saturated heterocycles. The number of rotatable bonds is 13. The Morgan fingerprint density at radius 3 is 2.21 bits per heavy atom. The third-order valence-corrected chi connectivity index (χ3v) is 4.88. The molecule has 5 nitrogen and oxygen atoms in total. The number of ether oxygens (including phenoxy) is 2. The van der Waals surface area contributed by atoms with Crippen LogP contribution in [0.3, 0.4) is 0 Å². The zero-order valence-corrected chi connectivity index (χ0v) is 17.1. The van der Waals surface area contributed by atoms with Gasteiger partial charge in [-0.05, 0) is 24.6 Å². The molecule has 28 heavy (non-hydrogen) atoms. The van der Waals surface area contributed by atoms with Crippen molar-refractivity contribution in [1.82, 2.24) is 0 Å². The molecular formula is C23H32O5. The first kappa shape index (κ1) is 22.0. The Labute approximate surface area is 167 Å². The van der Waals surface area contributed by atoms with E-state index in [1.54, 1.807) is 12.1 Å². The Bertz CT molecular complexity index is 793. The highest BCUT2D eigenvalue weighted by Gasteiger charge is 2.14. The second kappa shape index (κ2) is 12.2. The third kappa shape index (κ3) is 7.02. The Morgan fingerprint density at radius 2 is 1.57 bits per heavy atom. The summed E-state index contributed by atoms with van der Waals surface area (Å²) in [4.78, 5) is 23.5. The lowest BCUT2D eigenvalue weighted by molar-refractivity contribution is 0.0596. The molecule has 0 fully saturated rings. The molecule has 0 atom stereocenters. The van der Waals surface area contributed by atoms with Gasteiger partial charge < -0.3 is 13.9 Å². The van der Waals surface area contributed by atoms with E-state index in [0.717, 1.165) is 6.42 Å². The zero-order chi connectivity index (χ0) is 20.2. The van der Waals surface area contributed by atoms with Crippen molar-refractivity contribution in [1.29, 1.82) is 0 Å². The first-order chi connectivity index (χ1) is 13.7. The lowest BCUT2D eigenvalue weighted by Crippen LogP contribution is -2.14. The molecule has 0 radical (unpaired) electrons. The van der Waals surface area contributed by atoms with Crippen LogP contribution in [0.1, 0.15) is 81.5 Å². The highest BCUT2D eigenvalue weighted by Crippen LogP contribution is 2.21. The highest BCUT2D eigenvalue weighted by molar-refractivity contribution is 5.92. The van der Waals surface area contributed by atoms with Crippen molar-refractivity contribution in [3.05, 3.63) is 40.2 Å². The van der Waals surface area contributed by atoms with Crippen LogP contribution in [0.15, 0.2) is 33.5 Å². The summed E-state index contributed by atoms with van der Waals surface area (Å²) in [6, 6.07) is 6.77. The maximum Gasteiger partial charge on any atom is 0.351 e. The van der Waals surface area contributed by atoms with E-state index in [9.17, 15) is 9.59 Å². The first-order valence-electron chi connectivity index (χ1n) is 10.4. The molecule has 0 N–H and O–H groups in total. The normalized spacial score (nSPS) is 10.9. The lowest BCUT2D eigenvalue weighted by atomic mass is 10.1. The number of methoxy groups -OCH3 is 1. The van der Waals surface area contributed by atoms with E-state index >= 15 is 0 Å². The lowest BCUT2D eigenvalue weighted by Gasteiger charge is -2.07. The predicted octanol–water partition coefficient (Wildman–Crippen LogP) is 5.88. The molecule has 0 spiro atoms. The Kier molecular flexibility index (Phi) is 9.60. The summed E-state index contributed by atoms with van der Waals surface area (Å²) in [6.45, 7) is 2.89. The molecule has 2 aromatic rings. The van der Waals surface area contributed by atoms with Crippen LogP contribution < -0.4 is 10.4 Å². The monoisotopic (exact) mass is 388 g/mol. The second-order valence-corrected chi connectivity index (χ2v) is 7.17. The van der Waals surface area contributed by atoms with Crippen molar-refractivity contribution in [2.45, 2.75) is 71.1 Å². The molecule has 0 unspecified atom stereocenters. The number of carbonyl (C=O) groups is 1. The number of carbonyl (C=O) groups excluding carboxylic acids is 1. The molecular weight excluding hydrogens is 356 g/mol. The van der Waals surface area contributed by atoms with E-state index in [-0.39, 0.29) is 5.56 Å². The van der Waals surface area contributed by atoms with Gasteiger partial charge in [0.2, 0.25) is 0 Å². The van der Waals surface area contributed by atoms with E-state index in [0.29, 0.717) is 23.3 Å². The van der Waals surface area contributed by atoms with Gasteiger partial charge in [-0.1, -0.05) is 64.7 Å². The fraction of sp³-hybridized carbons (Fsp3) is 0.565. The van der Waals surface area contributed by atoms with Crippen LogP contribution in [-0.4, -0.2) is 19.7 Å². The number of unbranched alkanes of at least 4 members (excludes halogenated alkanes) is 9. The highest BCUT2D eigenvalue weighted by atomic mass is 16.5. The summed E-state index contributed by atoms with van der Waals surface area (Å²) in [5.41, 5.74) is -0.404. The van der Waals surface area contributed by atoms with Gasteiger partial charge in [0.25, 0.3) is 0 Å².